The van der Waals surface area contributed by atoms with Gasteiger partial charge in [0, 0.05) is 10.6 Å². The maximum atomic E-state index is 12.3. The summed E-state index contributed by atoms with van der Waals surface area (Å²) in [7, 11) is -4.09. The zero-order valence-electron chi connectivity index (χ0n) is 11.2. The summed E-state index contributed by atoms with van der Waals surface area (Å²) in [6, 6.07) is 11.3. The molecule has 114 valence electrons. The number of Topliss-reactive ketones (excluding diaryl/α,β-unsaturated/α-hetero) is 1. The monoisotopic (exact) mass is 338 g/mol. The largest absolute Gasteiger partial charge is 0.478 e. The van der Waals surface area contributed by atoms with E-state index in [9.17, 15) is 18.0 Å². The Labute approximate surface area is 132 Å². The maximum absolute atomic E-state index is 12.3. The molecule has 0 radical (unpaired) electrons. The van der Waals surface area contributed by atoms with Gasteiger partial charge in [0.2, 0.25) is 0 Å². The second-order valence-electron chi connectivity index (χ2n) is 4.49. The molecule has 7 heteroatoms. The molecule has 0 amide bonds. The van der Waals surface area contributed by atoms with Crippen molar-refractivity contribution in [3.05, 3.63) is 64.7 Å². The van der Waals surface area contributed by atoms with E-state index in [-0.39, 0.29) is 10.6 Å². The van der Waals surface area contributed by atoms with E-state index in [1.807, 2.05) is 0 Å². The summed E-state index contributed by atoms with van der Waals surface area (Å²) in [6.45, 7) is 0. The lowest BCUT2D eigenvalue weighted by Gasteiger charge is -2.08. The zero-order chi connectivity index (χ0) is 16.3. The number of carboxylic acid groups (broad SMARTS) is 1. The molecule has 0 aliphatic rings. The molecular weight excluding hydrogens is 328 g/mol. The first-order valence-electron chi connectivity index (χ1n) is 6.15. The Hall–Kier alpha value is -2.18. The highest BCUT2D eigenvalue weighted by molar-refractivity contribution is 7.92. The number of carboxylic acids is 1. The third-order valence-corrected chi connectivity index (χ3v) is 4.83. The minimum Gasteiger partial charge on any atom is -0.478 e. The van der Waals surface area contributed by atoms with Gasteiger partial charge in [0.15, 0.2) is 15.6 Å². The summed E-state index contributed by atoms with van der Waals surface area (Å²) in [5, 5.41) is 9.20. The Balaban J connectivity index is 2.40. The third kappa shape index (κ3) is 3.52. The molecule has 2 aromatic rings. The van der Waals surface area contributed by atoms with Crippen molar-refractivity contribution in [1.29, 1.82) is 0 Å². The van der Waals surface area contributed by atoms with Gasteiger partial charge in [-0.05, 0) is 18.2 Å². The number of sulfone groups is 1. The molecule has 2 aromatic carbocycles. The predicted molar refractivity (Wildman–Crippen MR) is 81.2 cm³/mol. The third-order valence-electron chi connectivity index (χ3n) is 2.92. The van der Waals surface area contributed by atoms with E-state index in [1.54, 1.807) is 18.2 Å². The minimum absolute atomic E-state index is 0.103. The van der Waals surface area contributed by atoms with Crippen molar-refractivity contribution in [3.8, 4) is 0 Å². The van der Waals surface area contributed by atoms with Gasteiger partial charge in [0.05, 0.1) is 10.5 Å². The highest BCUT2D eigenvalue weighted by atomic mass is 35.5. The summed E-state index contributed by atoms with van der Waals surface area (Å²) in [6.07, 6.45) is 0. The summed E-state index contributed by atoms with van der Waals surface area (Å²) in [5.74, 6) is -2.83. The lowest BCUT2D eigenvalue weighted by Crippen LogP contribution is -2.19. The summed E-state index contributed by atoms with van der Waals surface area (Å²) >= 11 is 5.69. The average Bonchev–Trinajstić information content (AvgIpc) is 2.47. The van der Waals surface area contributed by atoms with Crippen molar-refractivity contribution < 1.29 is 23.1 Å². The van der Waals surface area contributed by atoms with Gasteiger partial charge in [-0.2, -0.15) is 0 Å². The smallest absolute Gasteiger partial charge is 0.337 e. The van der Waals surface area contributed by atoms with Crippen LogP contribution in [0, 0.1) is 0 Å². The van der Waals surface area contributed by atoms with Crippen LogP contribution in [0.2, 0.25) is 5.02 Å². The molecule has 5 nitrogen and oxygen atoms in total. The van der Waals surface area contributed by atoms with Gasteiger partial charge in [-0.1, -0.05) is 41.9 Å². The van der Waals surface area contributed by atoms with Crippen LogP contribution in [0.15, 0.2) is 53.4 Å². The van der Waals surface area contributed by atoms with E-state index in [0.29, 0.717) is 0 Å². The van der Waals surface area contributed by atoms with Crippen LogP contribution >= 0.6 is 11.6 Å². The SMILES string of the molecule is O=C(CS(=O)(=O)c1ccc(Cl)cc1C(=O)O)c1ccccc1. The fourth-order valence-corrected chi connectivity index (χ4v) is 3.49. The van der Waals surface area contributed by atoms with E-state index in [1.165, 1.54) is 18.2 Å². The van der Waals surface area contributed by atoms with Crippen LogP contribution < -0.4 is 0 Å². The number of ketones is 1. The van der Waals surface area contributed by atoms with Crippen molar-refractivity contribution in [2.24, 2.45) is 0 Å². The topological polar surface area (TPSA) is 88.5 Å². The van der Waals surface area contributed by atoms with E-state index in [4.69, 9.17) is 16.7 Å². The standard InChI is InChI=1S/C15H11ClO5S/c16-11-6-7-14(12(8-11)15(18)19)22(20,21)9-13(17)10-4-2-1-3-5-10/h1-8H,9H2,(H,18,19). The van der Waals surface area contributed by atoms with Gasteiger partial charge in [0.1, 0.15) is 5.75 Å². The van der Waals surface area contributed by atoms with E-state index in [2.05, 4.69) is 0 Å². The van der Waals surface area contributed by atoms with Crippen molar-refractivity contribution in [1.82, 2.24) is 0 Å². The van der Waals surface area contributed by atoms with Crippen LogP contribution in [0.5, 0.6) is 0 Å². The fraction of sp³-hybridized carbons (Fsp3) is 0.0667. The molecule has 0 aliphatic heterocycles. The molecule has 0 unspecified atom stereocenters. The quantitative estimate of drug-likeness (QED) is 0.847. The minimum atomic E-state index is -4.09. The van der Waals surface area contributed by atoms with Crippen LogP contribution in [-0.2, 0) is 9.84 Å². The Kier molecular flexibility index (Phi) is 4.63. The zero-order valence-corrected chi connectivity index (χ0v) is 12.8. The van der Waals surface area contributed by atoms with Crippen LogP contribution in [0.1, 0.15) is 20.7 Å². The fourth-order valence-electron chi connectivity index (χ4n) is 1.90. The number of halogens is 1. The molecule has 0 atom stereocenters. The molecule has 0 aliphatic carbocycles. The molecule has 2 rings (SSSR count). The Morgan fingerprint density at radius 1 is 1.05 bits per heavy atom. The van der Waals surface area contributed by atoms with E-state index in [0.717, 1.165) is 12.1 Å². The number of hydrogen-bond acceptors (Lipinski definition) is 4. The predicted octanol–water partition coefficient (Wildman–Crippen LogP) is 2.69. The number of hydrogen-bond donors (Lipinski definition) is 1. The van der Waals surface area contributed by atoms with Crippen LogP contribution in [0.25, 0.3) is 0 Å². The summed E-state index contributed by atoms with van der Waals surface area (Å²) < 4.78 is 24.7. The average molecular weight is 339 g/mol. The molecule has 0 saturated carbocycles. The number of rotatable bonds is 5. The Bertz CT molecular complexity index is 828. The Morgan fingerprint density at radius 3 is 2.27 bits per heavy atom. The van der Waals surface area contributed by atoms with Gasteiger partial charge in [0.25, 0.3) is 0 Å². The first-order valence-corrected chi connectivity index (χ1v) is 8.18. The van der Waals surface area contributed by atoms with Crippen LogP contribution in [0.3, 0.4) is 0 Å². The molecular formula is C15H11ClO5S. The lowest BCUT2D eigenvalue weighted by molar-refractivity contribution is 0.0692. The summed E-state index contributed by atoms with van der Waals surface area (Å²) in [4.78, 5) is 22.8. The number of aromatic carboxylic acids is 1. The second kappa shape index (κ2) is 6.29. The molecule has 0 aromatic heterocycles. The molecule has 0 fully saturated rings. The van der Waals surface area contributed by atoms with Crippen LogP contribution in [-0.4, -0.2) is 31.0 Å². The van der Waals surface area contributed by atoms with Crippen molar-refractivity contribution in [2.75, 3.05) is 5.75 Å². The highest BCUT2D eigenvalue weighted by Crippen LogP contribution is 2.22. The Morgan fingerprint density at radius 2 is 1.68 bits per heavy atom. The normalized spacial score (nSPS) is 11.1. The molecule has 0 heterocycles. The number of benzene rings is 2. The highest BCUT2D eigenvalue weighted by Gasteiger charge is 2.25. The molecule has 0 bridgehead atoms. The first-order chi connectivity index (χ1) is 10.3. The van der Waals surface area contributed by atoms with Gasteiger partial charge in [-0.25, -0.2) is 13.2 Å². The maximum Gasteiger partial charge on any atom is 0.337 e. The van der Waals surface area contributed by atoms with Crippen molar-refractivity contribution in [2.45, 2.75) is 4.90 Å². The number of carbonyl (C=O) groups is 2. The van der Waals surface area contributed by atoms with Gasteiger partial charge < -0.3 is 5.11 Å². The lowest BCUT2D eigenvalue weighted by atomic mass is 10.2. The first kappa shape index (κ1) is 16.2. The second-order valence-corrected chi connectivity index (χ2v) is 6.89. The molecule has 0 spiro atoms. The summed E-state index contributed by atoms with van der Waals surface area (Å²) in [5.41, 5.74) is -0.203. The van der Waals surface area contributed by atoms with Crippen molar-refractivity contribution in [3.63, 3.8) is 0 Å². The van der Waals surface area contributed by atoms with E-state index < -0.39 is 37.8 Å². The molecule has 22 heavy (non-hydrogen) atoms. The molecule has 1 N–H and O–H groups in total. The van der Waals surface area contributed by atoms with Crippen molar-refractivity contribution >= 4 is 33.2 Å². The van der Waals surface area contributed by atoms with Gasteiger partial charge in [-0.15, -0.1) is 0 Å². The van der Waals surface area contributed by atoms with E-state index >= 15 is 0 Å². The van der Waals surface area contributed by atoms with Gasteiger partial charge in [-0.3, -0.25) is 4.79 Å². The number of carbonyl (C=O) groups excluding carboxylic acids is 1. The van der Waals surface area contributed by atoms with Gasteiger partial charge >= 0.3 is 5.97 Å². The van der Waals surface area contributed by atoms with Crippen LogP contribution in [0.4, 0.5) is 0 Å². The molecule has 0 saturated heterocycles.